The molecule has 180 valence electrons. The van der Waals surface area contributed by atoms with Gasteiger partial charge in [-0.2, -0.15) is 0 Å². The van der Waals surface area contributed by atoms with Crippen LogP contribution < -0.4 is 21.0 Å². The number of methoxy groups -OCH3 is 1. The predicted octanol–water partition coefficient (Wildman–Crippen LogP) is 5.17. The van der Waals surface area contributed by atoms with E-state index in [1.165, 1.54) is 13.2 Å². The van der Waals surface area contributed by atoms with Crippen molar-refractivity contribution in [2.45, 2.75) is 46.1 Å². The average molecular weight is 470 g/mol. The summed E-state index contributed by atoms with van der Waals surface area (Å²) in [4.78, 5) is 37.2. The van der Waals surface area contributed by atoms with Crippen LogP contribution in [0.2, 0.25) is 0 Å². The van der Waals surface area contributed by atoms with Crippen LogP contribution in [0.4, 0.5) is 20.6 Å². The maximum atomic E-state index is 13.8. The molecule has 1 heterocycles. The number of carbonyl (C=O) groups is 2. The molecule has 3 aromatic rings. The number of rotatable bonds is 6. The van der Waals surface area contributed by atoms with E-state index < -0.39 is 29.0 Å². The first-order chi connectivity index (χ1) is 16.0. The minimum Gasteiger partial charge on any atom is -0.497 e. The Morgan fingerprint density at radius 1 is 1.06 bits per heavy atom. The summed E-state index contributed by atoms with van der Waals surface area (Å²) in [5.74, 6) is -0.494. The summed E-state index contributed by atoms with van der Waals surface area (Å²) < 4.78 is 29.6. The Hall–Kier alpha value is -3.88. The summed E-state index contributed by atoms with van der Waals surface area (Å²) in [7, 11) is 1.52. The highest BCUT2D eigenvalue weighted by atomic mass is 19.1. The van der Waals surface area contributed by atoms with Crippen LogP contribution in [-0.2, 0) is 16.0 Å². The van der Waals surface area contributed by atoms with Crippen molar-refractivity contribution in [2.24, 2.45) is 0 Å². The van der Waals surface area contributed by atoms with Gasteiger partial charge >= 0.3 is 11.7 Å². The standard InChI is InChI=1S/C25H27FN2O6/c1-14-17-8-7-16(32-5)13-21(17)33-23(30)18(14)9-11-22(29)27-20-12-15(26)6-10-19(20)28-24(31)34-25(2,3)4/h6-8,10,12-13H,9,11H2,1-5H3,(H,27,29)(H,28,31). The molecule has 9 heteroatoms. The molecule has 0 aliphatic rings. The van der Waals surface area contributed by atoms with Gasteiger partial charge in [0.1, 0.15) is 22.8 Å². The molecule has 1 aromatic heterocycles. The van der Waals surface area contributed by atoms with E-state index in [0.29, 0.717) is 22.5 Å². The number of aryl methyl sites for hydroxylation is 1. The summed E-state index contributed by atoms with van der Waals surface area (Å²) >= 11 is 0. The van der Waals surface area contributed by atoms with E-state index in [2.05, 4.69) is 10.6 Å². The Labute approximate surface area is 196 Å². The lowest BCUT2D eigenvalue weighted by molar-refractivity contribution is -0.116. The number of anilines is 2. The topological polar surface area (TPSA) is 107 Å². The SMILES string of the molecule is COc1ccc2c(C)c(CCC(=O)Nc3cc(F)ccc3NC(=O)OC(C)(C)C)c(=O)oc2c1. The fourth-order valence-corrected chi connectivity index (χ4v) is 3.38. The van der Waals surface area contributed by atoms with Crippen LogP contribution >= 0.6 is 0 Å². The molecule has 8 nitrogen and oxygen atoms in total. The second-order valence-corrected chi connectivity index (χ2v) is 8.72. The fourth-order valence-electron chi connectivity index (χ4n) is 3.38. The summed E-state index contributed by atoms with van der Waals surface area (Å²) in [5.41, 5.74) is 0.470. The van der Waals surface area contributed by atoms with Gasteiger partial charge in [-0.15, -0.1) is 0 Å². The van der Waals surface area contributed by atoms with Gasteiger partial charge in [0.05, 0.1) is 18.5 Å². The second kappa shape index (κ2) is 9.94. The Balaban J connectivity index is 1.74. The molecule has 0 radical (unpaired) electrons. The van der Waals surface area contributed by atoms with Crippen molar-refractivity contribution >= 4 is 34.3 Å². The molecule has 0 fully saturated rings. The molecule has 2 amide bonds. The van der Waals surface area contributed by atoms with E-state index in [4.69, 9.17) is 13.9 Å². The van der Waals surface area contributed by atoms with E-state index in [1.54, 1.807) is 45.9 Å². The molecule has 0 saturated heterocycles. The van der Waals surface area contributed by atoms with Gasteiger partial charge in [0, 0.05) is 23.4 Å². The summed E-state index contributed by atoms with van der Waals surface area (Å²) in [6, 6.07) is 8.75. The van der Waals surface area contributed by atoms with E-state index in [-0.39, 0.29) is 24.2 Å². The highest BCUT2D eigenvalue weighted by Gasteiger charge is 2.19. The molecule has 0 spiro atoms. The van der Waals surface area contributed by atoms with Gasteiger partial charge in [0.15, 0.2) is 0 Å². The first kappa shape index (κ1) is 24.8. The van der Waals surface area contributed by atoms with Crippen LogP contribution in [0.5, 0.6) is 5.75 Å². The fraction of sp³-hybridized carbons (Fsp3) is 0.320. The van der Waals surface area contributed by atoms with Crippen molar-refractivity contribution in [3.8, 4) is 5.75 Å². The highest BCUT2D eigenvalue weighted by molar-refractivity contribution is 5.98. The van der Waals surface area contributed by atoms with E-state index >= 15 is 0 Å². The number of halogens is 1. The van der Waals surface area contributed by atoms with E-state index in [1.807, 2.05) is 0 Å². The normalized spacial score (nSPS) is 11.2. The van der Waals surface area contributed by atoms with Gasteiger partial charge < -0.3 is 19.2 Å². The number of hydrogen-bond donors (Lipinski definition) is 2. The monoisotopic (exact) mass is 470 g/mol. The molecule has 2 N–H and O–H groups in total. The minimum atomic E-state index is -0.740. The molecular formula is C25H27FN2O6. The third kappa shape index (κ3) is 6.12. The molecule has 2 aromatic carbocycles. The molecule has 0 aliphatic carbocycles. The molecule has 3 rings (SSSR count). The number of carbonyl (C=O) groups excluding carboxylic acids is 2. The zero-order valence-corrected chi connectivity index (χ0v) is 19.7. The average Bonchev–Trinajstić information content (AvgIpc) is 2.73. The maximum Gasteiger partial charge on any atom is 0.412 e. The summed E-state index contributed by atoms with van der Waals surface area (Å²) in [6.07, 6.45) is -0.683. The van der Waals surface area contributed by atoms with Crippen molar-refractivity contribution in [1.82, 2.24) is 0 Å². The zero-order chi connectivity index (χ0) is 25.0. The Kier molecular flexibility index (Phi) is 7.24. The lowest BCUT2D eigenvalue weighted by atomic mass is 10.0. The van der Waals surface area contributed by atoms with Crippen LogP contribution in [0.15, 0.2) is 45.6 Å². The first-order valence-electron chi connectivity index (χ1n) is 10.7. The number of fused-ring (bicyclic) bond motifs is 1. The largest absolute Gasteiger partial charge is 0.497 e. The highest BCUT2D eigenvalue weighted by Crippen LogP contribution is 2.26. The van der Waals surface area contributed by atoms with Crippen LogP contribution in [-0.4, -0.2) is 24.7 Å². The van der Waals surface area contributed by atoms with Gasteiger partial charge in [-0.25, -0.2) is 14.0 Å². The van der Waals surface area contributed by atoms with Crippen molar-refractivity contribution in [3.05, 3.63) is 63.8 Å². The molecule has 0 aliphatic heterocycles. The third-order valence-corrected chi connectivity index (χ3v) is 4.99. The smallest absolute Gasteiger partial charge is 0.412 e. The number of amides is 2. The van der Waals surface area contributed by atoms with Gasteiger partial charge in [0.2, 0.25) is 5.91 Å². The molecule has 0 atom stereocenters. The Morgan fingerprint density at radius 3 is 2.47 bits per heavy atom. The number of ether oxygens (including phenoxy) is 2. The maximum absolute atomic E-state index is 13.8. The van der Waals surface area contributed by atoms with E-state index in [9.17, 15) is 18.8 Å². The third-order valence-electron chi connectivity index (χ3n) is 4.99. The lowest BCUT2D eigenvalue weighted by Crippen LogP contribution is -2.27. The number of nitrogens with one attached hydrogen (secondary N) is 2. The minimum absolute atomic E-state index is 0.0599. The van der Waals surface area contributed by atoms with Crippen LogP contribution in [0.3, 0.4) is 0 Å². The lowest BCUT2D eigenvalue weighted by Gasteiger charge is -2.20. The van der Waals surface area contributed by atoms with Gasteiger partial charge in [0.25, 0.3) is 0 Å². The zero-order valence-electron chi connectivity index (χ0n) is 19.7. The number of hydrogen-bond acceptors (Lipinski definition) is 6. The summed E-state index contributed by atoms with van der Waals surface area (Å²) in [6.45, 7) is 6.92. The van der Waals surface area contributed by atoms with Crippen LogP contribution in [0.25, 0.3) is 11.0 Å². The first-order valence-corrected chi connectivity index (χ1v) is 10.7. The van der Waals surface area contributed by atoms with Crippen LogP contribution in [0.1, 0.15) is 38.3 Å². The van der Waals surface area contributed by atoms with Crippen molar-refractivity contribution < 1.29 is 27.9 Å². The summed E-state index contributed by atoms with van der Waals surface area (Å²) in [5, 5.41) is 5.83. The van der Waals surface area contributed by atoms with Crippen LogP contribution in [0, 0.1) is 12.7 Å². The van der Waals surface area contributed by atoms with Gasteiger partial charge in [-0.3, -0.25) is 10.1 Å². The second-order valence-electron chi connectivity index (χ2n) is 8.72. The molecule has 0 unspecified atom stereocenters. The number of benzene rings is 2. The van der Waals surface area contributed by atoms with Gasteiger partial charge in [-0.1, -0.05) is 0 Å². The predicted molar refractivity (Wildman–Crippen MR) is 127 cm³/mol. The molecule has 0 saturated carbocycles. The molecule has 34 heavy (non-hydrogen) atoms. The van der Waals surface area contributed by atoms with Crippen molar-refractivity contribution in [3.63, 3.8) is 0 Å². The quantitative estimate of drug-likeness (QED) is 0.482. The van der Waals surface area contributed by atoms with Gasteiger partial charge in [-0.05, 0) is 70.0 Å². The van der Waals surface area contributed by atoms with Crippen molar-refractivity contribution in [2.75, 3.05) is 17.7 Å². The van der Waals surface area contributed by atoms with Crippen molar-refractivity contribution in [1.29, 1.82) is 0 Å². The molecular weight excluding hydrogens is 443 g/mol. The molecule has 0 bridgehead atoms. The van der Waals surface area contributed by atoms with E-state index in [0.717, 1.165) is 17.5 Å². The Bertz CT molecular complexity index is 1290. The Morgan fingerprint density at radius 2 is 1.79 bits per heavy atom.